The van der Waals surface area contributed by atoms with Gasteiger partial charge in [0, 0.05) is 45.0 Å². The summed E-state index contributed by atoms with van der Waals surface area (Å²) in [6, 6.07) is 9.42. The molecular formula is C24H39N5O2. The smallest absolute Gasteiger partial charge is 0.321 e. The van der Waals surface area contributed by atoms with E-state index in [1.807, 2.05) is 35.2 Å². The Balaban J connectivity index is 1.53. The largest absolute Gasteiger partial charge is 0.353 e. The van der Waals surface area contributed by atoms with Crippen molar-refractivity contribution in [2.75, 3.05) is 57.7 Å². The van der Waals surface area contributed by atoms with E-state index < -0.39 is 0 Å². The Bertz CT molecular complexity index is 680. The maximum atomic E-state index is 13.2. The number of nitrogens with one attached hydrogen (secondary N) is 2. The van der Waals surface area contributed by atoms with E-state index >= 15 is 0 Å². The van der Waals surface area contributed by atoms with E-state index in [-0.39, 0.29) is 18.0 Å². The highest BCUT2D eigenvalue weighted by Gasteiger charge is 2.37. The third kappa shape index (κ3) is 6.68. The molecule has 1 aromatic carbocycles. The molecule has 0 bridgehead atoms. The molecule has 0 unspecified atom stereocenters. The van der Waals surface area contributed by atoms with Crippen LogP contribution in [0.3, 0.4) is 0 Å². The summed E-state index contributed by atoms with van der Waals surface area (Å²) < 4.78 is 0. The van der Waals surface area contributed by atoms with Crippen molar-refractivity contribution in [2.24, 2.45) is 5.92 Å². The number of carbonyl (C=O) groups is 2. The molecule has 7 nitrogen and oxygen atoms in total. The monoisotopic (exact) mass is 429 g/mol. The maximum Gasteiger partial charge on any atom is 0.321 e. The van der Waals surface area contributed by atoms with Gasteiger partial charge in [-0.05, 0) is 44.0 Å². The van der Waals surface area contributed by atoms with Crippen molar-refractivity contribution >= 4 is 17.6 Å². The minimum absolute atomic E-state index is 0.0630. The molecule has 1 heterocycles. The molecule has 2 aliphatic rings. The number of hydrogen-bond acceptors (Lipinski definition) is 4. The first kappa shape index (κ1) is 23.5. The zero-order valence-corrected chi connectivity index (χ0v) is 19.2. The van der Waals surface area contributed by atoms with Crippen molar-refractivity contribution in [2.45, 2.75) is 45.6 Å². The van der Waals surface area contributed by atoms with Crippen LogP contribution in [0.2, 0.25) is 0 Å². The second-order valence-electron chi connectivity index (χ2n) is 8.63. The van der Waals surface area contributed by atoms with Crippen molar-refractivity contribution < 1.29 is 9.59 Å². The van der Waals surface area contributed by atoms with Gasteiger partial charge in [0.15, 0.2) is 0 Å². The minimum Gasteiger partial charge on any atom is -0.353 e. The Morgan fingerprint density at radius 2 is 1.68 bits per heavy atom. The van der Waals surface area contributed by atoms with Crippen LogP contribution >= 0.6 is 0 Å². The number of urea groups is 1. The van der Waals surface area contributed by atoms with Gasteiger partial charge in [0.1, 0.15) is 0 Å². The molecule has 0 aromatic heterocycles. The van der Waals surface area contributed by atoms with Crippen molar-refractivity contribution in [1.82, 2.24) is 20.0 Å². The molecule has 3 amide bonds. The second kappa shape index (κ2) is 12.1. The van der Waals surface area contributed by atoms with Gasteiger partial charge in [-0.1, -0.05) is 44.9 Å². The molecule has 3 rings (SSSR count). The van der Waals surface area contributed by atoms with E-state index in [2.05, 4.69) is 34.3 Å². The summed E-state index contributed by atoms with van der Waals surface area (Å²) in [6.07, 6.45) is 4.69. The molecule has 1 saturated heterocycles. The number of benzene rings is 1. The molecule has 2 fully saturated rings. The summed E-state index contributed by atoms with van der Waals surface area (Å²) in [5.41, 5.74) is 0.811. The van der Waals surface area contributed by atoms with Gasteiger partial charge in [-0.25, -0.2) is 4.79 Å². The van der Waals surface area contributed by atoms with Crippen LogP contribution in [0.4, 0.5) is 10.5 Å². The van der Waals surface area contributed by atoms with Crippen LogP contribution in [0.5, 0.6) is 0 Å². The van der Waals surface area contributed by atoms with Gasteiger partial charge in [-0.2, -0.15) is 0 Å². The lowest BCUT2D eigenvalue weighted by Gasteiger charge is -2.40. The summed E-state index contributed by atoms with van der Waals surface area (Å²) >= 11 is 0. The highest BCUT2D eigenvalue weighted by Crippen LogP contribution is 2.31. The third-order valence-electron chi connectivity index (χ3n) is 6.76. The first-order chi connectivity index (χ1) is 15.1. The third-order valence-corrected chi connectivity index (χ3v) is 6.76. The van der Waals surface area contributed by atoms with Crippen LogP contribution in [-0.2, 0) is 4.79 Å². The lowest BCUT2D eigenvalue weighted by Crippen LogP contribution is -2.58. The van der Waals surface area contributed by atoms with Crippen molar-refractivity contribution in [3.8, 4) is 0 Å². The molecule has 1 saturated carbocycles. The number of piperazine rings is 1. The number of amides is 3. The summed E-state index contributed by atoms with van der Waals surface area (Å²) in [6.45, 7) is 10.7. The molecule has 0 spiro atoms. The lowest BCUT2D eigenvalue weighted by atomic mass is 9.95. The van der Waals surface area contributed by atoms with Gasteiger partial charge >= 0.3 is 6.03 Å². The molecule has 1 aromatic rings. The van der Waals surface area contributed by atoms with Crippen molar-refractivity contribution in [1.29, 1.82) is 0 Å². The fraction of sp³-hybridized carbons (Fsp3) is 0.667. The molecular weight excluding hydrogens is 390 g/mol. The molecule has 2 N–H and O–H groups in total. The summed E-state index contributed by atoms with van der Waals surface area (Å²) in [5, 5.41) is 6.18. The van der Waals surface area contributed by atoms with Crippen LogP contribution in [-0.4, -0.2) is 85.0 Å². The van der Waals surface area contributed by atoms with Gasteiger partial charge in [-0.3, -0.25) is 9.69 Å². The molecule has 1 aliphatic carbocycles. The maximum absolute atomic E-state index is 13.2. The quantitative estimate of drug-likeness (QED) is 0.633. The van der Waals surface area contributed by atoms with Gasteiger partial charge in [-0.15, -0.1) is 0 Å². The van der Waals surface area contributed by atoms with Gasteiger partial charge in [0.25, 0.3) is 0 Å². The fourth-order valence-corrected chi connectivity index (χ4v) is 4.86. The summed E-state index contributed by atoms with van der Waals surface area (Å²) in [5.74, 6) is 0.597. The Hall–Kier alpha value is -2.12. The summed E-state index contributed by atoms with van der Waals surface area (Å²) in [7, 11) is 0. The topological polar surface area (TPSA) is 67.9 Å². The van der Waals surface area contributed by atoms with Crippen molar-refractivity contribution in [3.63, 3.8) is 0 Å². The molecule has 1 atom stereocenters. The van der Waals surface area contributed by atoms with Crippen LogP contribution in [0.1, 0.15) is 39.5 Å². The predicted molar refractivity (Wildman–Crippen MR) is 125 cm³/mol. The number of para-hydroxylation sites is 1. The molecule has 0 radical (unpaired) electrons. The highest BCUT2D eigenvalue weighted by molar-refractivity contribution is 5.89. The van der Waals surface area contributed by atoms with E-state index in [9.17, 15) is 9.59 Å². The average molecular weight is 430 g/mol. The van der Waals surface area contributed by atoms with Gasteiger partial charge in [0.2, 0.25) is 5.91 Å². The van der Waals surface area contributed by atoms with E-state index in [4.69, 9.17) is 0 Å². The molecule has 7 heteroatoms. The van der Waals surface area contributed by atoms with Crippen LogP contribution < -0.4 is 10.6 Å². The lowest BCUT2D eigenvalue weighted by molar-refractivity contribution is -0.129. The van der Waals surface area contributed by atoms with Crippen LogP contribution in [0.25, 0.3) is 0 Å². The summed E-state index contributed by atoms with van der Waals surface area (Å²) in [4.78, 5) is 32.3. The fourth-order valence-electron chi connectivity index (χ4n) is 4.86. The number of rotatable bonds is 9. The predicted octanol–water partition coefficient (Wildman–Crippen LogP) is 2.85. The second-order valence-corrected chi connectivity index (χ2v) is 8.63. The average Bonchev–Trinajstić information content (AvgIpc) is 3.32. The Morgan fingerprint density at radius 3 is 2.29 bits per heavy atom. The van der Waals surface area contributed by atoms with Crippen LogP contribution in [0, 0.1) is 5.92 Å². The number of hydrogen-bond donors (Lipinski definition) is 2. The first-order valence-electron chi connectivity index (χ1n) is 12.0. The van der Waals surface area contributed by atoms with Gasteiger partial charge < -0.3 is 20.4 Å². The van der Waals surface area contributed by atoms with Crippen molar-refractivity contribution in [3.05, 3.63) is 30.3 Å². The first-order valence-corrected chi connectivity index (χ1v) is 12.0. The molecule has 1 aliphatic heterocycles. The van der Waals surface area contributed by atoms with E-state index in [1.54, 1.807) is 0 Å². The normalized spacial score (nSPS) is 18.9. The Morgan fingerprint density at radius 1 is 1.03 bits per heavy atom. The number of likely N-dealkylation sites (N-methyl/N-ethyl adjacent to an activating group) is 1. The highest BCUT2D eigenvalue weighted by atomic mass is 16.2. The van der Waals surface area contributed by atoms with Gasteiger partial charge in [0.05, 0.1) is 6.04 Å². The standard InChI is InChI=1S/C24H39N5O2/c1-3-27(4-2)15-14-25-23(30)22(20-10-8-9-11-20)28-16-18-29(19-17-28)24(31)26-21-12-6-5-7-13-21/h5-7,12-13,20,22H,3-4,8-11,14-19H2,1-2H3,(H,25,30)(H,26,31)/t22-/m1/s1. The number of carbonyl (C=O) groups excluding carboxylic acids is 2. The number of anilines is 1. The van der Waals surface area contributed by atoms with E-state index in [0.29, 0.717) is 25.6 Å². The zero-order valence-electron chi connectivity index (χ0n) is 19.2. The SMILES string of the molecule is CCN(CC)CCNC(=O)[C@@H](C1CCCC1)N1CCN(C(=O)Nc2ccccc2)CC1. The Kier molecular flexibility index (Phi) is 9.15. The minimum atomic E-state index is -0.0708. The Labute approximate surface area is 187 Å². The molecule has 31 heavy (non-hydrogen) atoms. The van der Waals surface area contributed by atoms with E-state index in [1.165, 1.54) is 12.8 Å². The zero-order chi connectivity index (χ0) is 22.1. The molecule has 172 valence electrons. The number of nitrogens with zero attached hydrogens (tertiary/aromatic N) is 3. The van der Waals surface area contributed by atoms with E-state index in [0.717, 1.165) is 51.3 Å². The van der Waals surface area contributed by atoms with Crippen LogP contribution in [0.15, 0.2) is 30.3 Å².